The Labute approximate surface area is 224 Å². The number of ether oxygens (including phenoxy) is 2. The van der Waals surface area contributed by atoms with Crippen LogP contribution in [0.25, 0.3) is 10.8 Å². The van der Waals surface area contributed by atoms with Gasteiger partial charge in [-0.25, -0.2) is 0 Å². The third-order valence-corrected chi connectivity index (χ3v) is 7.68. The standard InChI is InChI=1S/C28H31BrN4O4/c1-30-16-25(34)32-26-27(35)33(17-21-20-9-8-19(29)15-18(20)7-10-23(21)36-2)22-5-3-4-6-24(22)37-28(26)11-13-31-14-12-28/h3-10,15,26,30-31H,11-14,16-17H2,1-2H3,(H,32,34)/t26-/m1/s1. The van der Waals surface area contributed by atoms with Gasteiger partial charge in [0, 0.05) is 22.9 Å². The summed E-state index contributed by atoms with van der Waals surface area (Å²) in [7, 11) is 3.34. The normalized spacial score (nSPS) is 18.7. The molecule has 0 saturated carbocycles. The van der Waals surface area contributed by atoms with Crippen LogP contribution >= 0.6 is 15.9 Å². The van der Waals surface area contributed by atoms with Crippen molar-refractivity contribution in [1.82, 2.24) is 16.0 Å². The third kappa shape index (κ3) is 4.91. The second-order valence-corrected chi connectivity index (χ2v) is 10.4. The van der Waals surface area contributed by atoms with Gasteiger partial charge >= 0.3 is 0 Å². The summed E-state index contributed by atoms with van der Waals surface area (Å²) < 4.78 is 13.4. The molecule has 3 aromatic carbocycles. The molecule has 2 aliphatic heterocycles. The molecule has 0 unspecified atom stereocenters. The van der Waals surface area contributed by atoms with Crippen LogP contribution in [-0.4, -0.2) is 57.2 Å². The maximum absolute atomic E-state index is 14.5. The Balaban J connectivity index is 1.64. The molecule has 0 aromatic heterocycles. The highest BCUT2D eigenvalue weighted by Gasteiger charge is 2.51. The van der Waals surface area contributed by atoms with Gasteiger partial charge in [-0.15, -0.1) is 0 Å². The van der Waals surface area contributed by atoms with E-state index in [0.29, 0.717) is 43.1 Å². The first-order chi connectivity index (χ1) is 18.0. The molecule has 0 bridgehead atoms. The monoisotopic (exact) mass is 566 g/mol. The zero-order chi connectivity index (χ0) is 26.0. The highest BCUT2D eigenvalue weighted by Crippen LogP contribution is 2.42. The van der Waals surface area contributed by atoms with Crippen LogP contribution < -0.4 is 30.3 Å². The molecule has 0 aliphatic carbocycles. The van der Waals surface area contributed by atoms with E-state index < -0.39 is 11.6 Å². The maximum Gasteiger partial charge on any atom is 0.254 e. The maximum atomic E-state index is 14.5. The second kappa shape index (κ2) is 10.7. The van der Waals surface area contributed by atoms with Crippen LogP contribution in [0.5, 0.6) is 11.5 Å². The lowest BCUT2D eigenvalue weighted by Crippen LogP contribution is -2.65. The molecule has 2 heterocycles. The average molecular weight is 567 g/mol. The summed E-state index contributed by atoms with van der Waals surface area (Å²) in [6, 6.07) is 16.7. The van der Waals surface area contributed by atoms with Crippen LogP contribution in [0.15, 0.2) is 59.1 Å². The average Bonchev–Trinajstić information content (AvgIpc) is 2.98. The highest BCUT2D eigenvalue weighted by atomic mass is 79.9. The number of amides is 2. The number of nitrogens with zero attached hydrogens (tertiary/aromatic N) is 1. The fourth-order valence-electron chi connectivity index (χ4n) is 5.37. The van der Waals surface area contributed by atoms with Crippen molar-refractivity contribution in [1.29, 1.82) is 0 Å². The number of rotatable bonds is 6. The van der Waals surface area contributed by atoms with Crippen LogP contribution in [0, 0.1) is 0 Å². The highest BCUT2D eigenvalue weighted by molar-refractivity contribution is 9.10. The number of likely N-dealkylation sites (N-methyl/N-ethyl adjacent to an activating group) is 1. The van der Waals surface area contributed by atoms with Crippen molar-refractivity contribution < 1.29 is 19.1 Å². The Morgan fingerprint density at radius 2 is 1.97 bits per heavy atom. The fourth-order valence-corrected chi connectivity index (χ4v) is 5.75. The molecule has 9 heteroatoms. The van der Waals surface area contributed by atoms with Crippen LogP contribution in [0.1, 0.15) is 18.4 Å². The van der Waals surface area contributed by atoms with Crippen LogP contribution in [0.2, 0.25) is 0 Å². The van der Waals surface area contributed by atoms with Crippen molar-refractivity contribution >= 4 is 44.2 Å². The molecular weight excluding hydrogens is 536 g/mol. The van der Waals surface area contributed by atoms with Crippen molar-refractivity contribution in [3.63, 3.8) is 0 Å². The van der Waals surface area contributed by atoms with E-state index in [-0.39, 0.29) is 24.9 Å². The summed E-state index contributed by atoms with van der Waals surface area (Å²) in [5, 5.41) is 11.3. The molecule has 0 radical (unpaired) electrons. The van der Waals surface area contributed by atoms with E-state index in [9.17, 15) is 9.59 Å². The SMILES string of the molecule is CNCC(=O)N[C@@H]1C(=O)N(Cc2c(OC)ccc3cc(Br)ccc23)c2ccccc2OC12CCNCC2. The van der Waals surface area contributed by atoms with Crippen LogP contribution in [0.4, 0.5) is 5.69 Å². The molecule has 3 aromatic rings. The minimum absolute atomic E-state index is 0.108. The van der Waals surface area contributed by atoms with Crippen molar-refractivity contribution in [2.75, 3.05) is 38.7 Å². The lowest BCUT2D eigenvalue weighted by atomic mass is 9.83. The number of benzene rings is 3. The summed E-state index contributed by atoms with van der Waals surface area (Å²) in [6.45, 7) is 1.75. The number of hydrogen-bond donors (Lipinski definition) is 3. The zero-order valence-corrected chi connectivity index (χ0v) is 22.6. The largest absolute Gasteiger partial charge is 0.496 e. The molecule has 1 saturated heterocycles. The second-order valence-electron chi connectivity index (χ2n) is 9.45. The molecule has 5 rings (SSSR count). The molecule has 3 N–H and O–H groups in total. The molecule has 2 amide bonds. The van der Waals surface area contributed by atoms with Crippen molar-refractivity contribution in [2.45, 2.75) is 31.0 Å². The van der Waals surface area contributed by atoms with Gasteiger partial charge in [-0.05, 0) is 61.2 Å². The molecule has 1 spiro atoms. The van der Waals surface area contributed by atoms with Crippen molar-refractivity contribution in [3.05, 3.63) is 64.6 Å². The lowest BCUT2D eigenvalue weighted by Gasteiger charge is -2.42. The predicted octanol–water partition coefficient (Wildman–Crippen LogP) is 3.36. The quantitative estimate of drug-likeness (QED) is 0.424. The summed E-state index contributed by atoms with van der Waals surface area (Å²) in [5.74, 6) is 0.871. The minimum atomic E-state index is -0.857. The van der Waals surface area contributed by atoms with E-state index in [1.807, 2.05) is 54.6 Å². The van der Waals surface area contributed by atoms with E-state index in [2.05, 4.69) is 31.9 Å². The molecule has 2 aliphatic rings. The first kappa shape index (κ1) is 25.5. The van der Waals surface area contributed by atoms with Gasteiger partial charge < -0.3 is 30.3 Å². The molecule has 194 valence electrons. The molecule has 1 atom stereocenters. The Morgan fingerprint density at radius 1 is 1.19 bits per heavy atom. The van der Waals surface area contributed by atoms with Gasteiger partial charge in [-0.2, -0.15) is 0 Å². The van der Waals surface area contributed by atoms with Gasteiger partial charge in [0.05, 0.1) is 25.9 Å². The van der Waals surface area contributed by atoms with Gasteiger partial charge in [0.15, 0.2) is 0 Å². The van der Waals surface area contributed by atoms with Gasteiger partial charge in [-0.1, -0.05) is 40.2 Å². The van der Waals surface area contributed by atoms with Crippen LogP contribution in [0.3, 0.4) is 0 Å². The number of anilines is 1. The van der Waals surface area contributed by atoms with Gasteiger partial charge in [0.1, 0.15) is 23.1 Å². The van der Waals surface area contributed by atoms with E-state index in [1.165, 1.54) is 0 Å². The molecular formula is C28H31BrN4O4. The molecule has 1 fully saturated rings. The van der Waals surface area contributed by atoms with Gasteiger partial charge in [0.25, 0.3) is 5.91 Å². The number of halogens is 1. The number of hydrogen-bond acceptors (Lipinski definition) is 6. The molecule has 37 heavy (non-hydrogen) atoms. The number of para-hydroxylation sites is 2. The summed E-state index contributed by atoms with van der Waals surface area (Å²) in [4.78, 5) is 29.0. The lowest BCUT2D eigenvalue weighted by molar-refractivity contribution is -0.133. The number of carbonyl (C=O) groups is 2. The Kier molecular flexibility index (Phi) is 7.37. The van der Waals surface area contributed by atoms with E-state index in [4.69, 9.17) is 9.47 Å². The zero-order valence-electron chi connectivity index (χ0n) is 21.0. The number of fused-ring (bicyclic) bond motifs is 2. The first-order valence-corrected chi connectivity index (χ1v) is 13.2. The van der Waals surface area contributed by atoms with Crippen molar-refractivity contribution in [3.8, 4) is 11.5 Å². The van der Waals surface area contributed by atoms with E-state index in [0.717, 1.165) is 20.8 Å². The van der Waals surface area contributed by atoms with E-state index in [1.54, 1.807) is 19.1 Å². The summed E-state index contributed by atoms with van der Waals surface area (Å²) in [6.07, 6.45) is 1.19. The Bertz CT molecular complexity index is 1320. The van der Waals surface area contributed by atoms with Gasteiger partial charge in [0.2, 0.25) is 5.91 Å². The summed E-state index contributed by atoms with van der Waals surface area (Å²) >= 11 is 3.55. The number of methoxy groups -OCH3 is 1. The smallest absolute Gasteiger partial charge is 0.254 e. The Hall–Kier alpha value is -3.14. The Morgan fingerprint density at radius 3 is 2.73 bits per heavy atom. The van der Waals surface area contributed by atoms with E-state index >= 15 is 0 Å². The third-order valence-electron chi connectivity index (χ3n) is 7.19. The number of nitrogens with one attached hydrogen (secondary N) is 3. The fraction of sp³-hybridized carbons (Fsp3) is 0.357. The van der Waals surface area contributed by atoms with Crippen LogP contribution in [-0.2, 0) is 16.1 Å². The van der Waals surface area contributed by atoms with Gasteiger partial charge in [-0.3, -0.25) is 9.59 Å². The number of carbonyl (C=O) groups excluding carboxylic acids is 2. The topological polar surface area (TPSA) is 91.9 Å². The first-order valence-electron chi connectivity index (χ1n) is 12.4. The number of piperidine rings is 1. The predicted molar refractivity (Wildman–Crippen MR) is 147 cm³/mol. The minimum Gasteiger partial charge on any atom is -0.496 e. The summed E-state index contributed by atoms with van der Waals surface area (Å²) in [5.41, 5.74) is 0.703. The van der Waals surface area contributed by atoms with Crippen molar-refractivity contribution in [2.24, 2.45) is 0 Å². The molecule has 8 nitrogen and oxygen atoms in total.